The molecule has 1 aliphatic rings. The summed E-state index contributed by atoms with van der Waals surface area (Å²) in [5.74, 6) is 0.246. The Morgan fingerprint density at radius 2 is 2.33 bits per heavy atom. The maximum atomic E-state index is 10.1. The molecule has 1 aliphatic heterocycles. The molecule has 1 saturated heterocycles. The second-order valence-corrected chi connectivity index (χ2v) is 2.60. The number of carbonyl (C=O) groups is 1. The van der Waals surface area contributed by atoms with Gasteiger partial charge in [0.15, 0.2) is 0 Å². The molecule has 2 atom stereocenters. The second kappa shape index (κ2) is 2.35. The smallest absolute Gasteiger partial charge is 0.209 e. The summed E-state index contributed by atoms with van der Waals surface area (Å²) >= 11 is 0. The number of hydrogen-bond donors (Lipinski definition) is 1. The van der Waals surface area contributed by atoms with Gasteiger partial charge in [0.25, 0.3) is 0 Å². The first-order chi connectivity index (χ1) is 4.24. The molecular formula is C6H11NO2. The lowest BCUT2D eigenvalue weighted by Crippen LogP contribution is -2.19. The Balaban J connectivity index is 2.43. The Morgan fingerprint density at radius 1 is 1.67 bits per heavy atom. The van der Waals surface area contributed by atoms with E-state index in [9.17, 15) is 4.79 Å². The van der Waals surface area contributed by atoms with E-state index >= 15 is 0 Å². The topological polar surface area (TPSA) is 40.5 Å². The number of aliphatic hydroxyl groups is 1. The molecule has 1 fully saturated rings. The molecule has 1 N–H and O–H groups in total. The monoisotopic (exact) mass is 129 g/mol. The zero-order valence-electron chi connectivity index (χ0n) is 5.45. The highest BCUT2D eigenvalue weighted by Gasteiger charge is 2.26. The van der Waals surface area contributed by atoms with Crippen molar-refractivity contribution < 1.29 is 9.90 Å². The van der Waals surface area contributed by atoms with E-state index in [4.69, 9.17) is 5.11 Å². The van der Waals surface area contributed by atoms with Crippen LogP contribution < -0.4 is 0 Å². The van der Waals surface area contributed by atoms with Crippen molar-refractivity contribution in [3.8, 4) is 0 Å². The molecule has 2 unspecified atom stereocenters. The van der Waals surface area contributed by atoms with Crippen molar-refractivity contribution in [2.45, 2.75) is 13.0 Å². The summed E-state index contributed by atoms with van der Waals surface area (Å²) in [7, 11) is 0. The molecule has 0 bridgehead atoms. The maximum absolute atomic E-state index is 10.1. The number of carbonyl (C=O) groups excluding carboxylic acids is 1. The number of aliphatic hydroxyl groups excluding tert-OH is 1. The van der Waals surface area contributed by atoms with Crippen molar-refractivity contribution in [3.05, 3.63) is 0 Å². The number of likely N-dealkylation sites (tertiary alicyclic amines) is 1. The third kappa shape index (κ3) is 1.21. The van der Waals surface area contributed by atoms with Crippen LogP contribution in [-0.2, 0) is 4.79 Å². The number of hydrogen-bond acceptors (Lipinski definition) is 2. The highest BCUT2D eigenvalue weighted by atomic mass is 16.3. The van der Waals surface area contributed by atoms with Crippen molar-refractivity contribution in [2.75, 3.05) is 13.1 Å². The molecular weight excluding hydrogens is 118 g/mol. The zero-order valence-corrected chi connectivity index (χ0v) is 5.45. The molecule has 0 spiro atoms. The van der Waals surface area contributed by atoms with Crippen LogP contribution in [0.4, 0.5) is 0 Å². The summed E-state index contributed by atoms with van der Waals surface area (Å²) < 4.78 is 0. The average molecular weight is 129 g/mol. The van der Waals surface area contributed by atoms with Crippen LogP contribution in [0.25, 0.3) is 0 Å². The van der Waals surface area contributed by atoms with E-state index in [2.05, 4.69) is 0 Å². The fourth-order valence-corrected chi connectivity index (χ4v) is 1.07. The molecule has 1 amide bonds. The standard InChI is InChI=1S/C6H11NO2/c1-5-2-7(4-8)3-6(5)9/h4-6,9H,2-3H2,1H3. The van der Waals surface area contributed by atoms with E-state index in [0.29, 0.717) is 13.1 Å². The number of amides is 1. The summed E-state index contributed by atoms with van der Waals surface area (Å²) in [6.45, 7) is 3.14. The first-order valence-electron chi connectivity index (χ1n) is 3.11. The molecule has 0 aliphatic carbocycles. The third-order valence-corrected chi connectivity index (χ3v) is 1.75. The van der Waals surface area contributed by atoms with E-state index in [0.717, 1.165) is 6.41 Å². The number of nitrogens with zero attached hydrogens (tertiary/aromatic N) is 1. The van der Waals surface area contributed by atoms with Crippen LogP contribution in [-0.4, -0.2) is 35.6 Å². The zero-order chi connectivity index (χ0) is 6.85. The van der Waals surface area contributed by atoms with Crippen molar-refractivity contribution >= 4 is 6.41 Å². The van der Waals surface area contributed by atoms with E-state index in [1.807, 2.05) is 6.92 Å². The van der Waals surface area contributed by atoms with Crippen LogP contribution in [0.1, 0.15) is 6.92 Å². The predicted molar refractivity (Wildman–Crippen MR) is 32.8 cm³/mol. The van der Waals surface area contributed by atoms with Crippen LogP contribution in [0.3, 0.4) is 0 Å². The Kier molecular flexibility index (Phi) is 1.71. The normalized spacial score (nSPS) is 35.1. The minimum Gasteiger partial charge on any atom is -0.391 e. The lowest BCUT2D eigenvalue weighted by molar-refractivity contribution is -0.117. The highest BCUT2D eigenvalue weighted by Crippen LogP contribution is 2.13. The Labute approximate surface area is 54.3 Å². The first kappa shape index (κ1) is 6.55. The van der Waals surface area contributed by atoms with Crippen LogP contribution in [0, 0.1) is 5.92 Å². The van der Waals surface area contributed by atoms with Crippen molar-refractivity contribution in [1.82, 2.24) is 4.90 Å². The molecule has 1 rings (SSSR count). The molecule has 0 aromatic carbocycles. The van der Waals surface area contributed by atoms with Gasteiger partial charge in [0.2, 0.25) is 6.41 Å². The maximum Gasteiger partial charge on any atom is 0.209 e. The van der Waals surface area contributed by atoms with Crippen LogP contribution in [0.15, 0.2) is 0 Å². The van der Waals surface area contributed by atoms with Gasteiger partial charge < -0.3 is 10.0 Å². The average Bonchev–Trinajstić information content (AvgIpc) is 2.13. The summed E-state index contributed by atoms with van der Waals surface area (Å²) in [6, 6.07) is 0. The largest absolute Gasteiger partial charge is 0.391 e. The second-order valence-electron chi connectivity index (χ2n) is 2.60. The van der Waals surface area contributed by atoms with Gasteiger partial charge in [-0.05, 0) is 0 Å². The predicted octanol–water partition coefficient (Wildman–Crippen LogP) is -0.545. The molecule has 3 nitrogen and oxygen atoms in total. The van der Waals surface area contributed by atoms with Crippen LogP contribution in [0.2, 0.25) is 0 Å². The lowest BCUT2D eigenvalue weighted by atomic mass is 10.1. The van der Waals surface area contributed by atoms with Gasteiger partial charge in [-0.1, -0.05) is 6.92 Å². The summed E-state index contributed by atoms with van der Waals surface area (Å²) in [5, 5.41) is 9.10. The molecule has 0 aromatic rings. The fraction of sp³-hybridized carbons (Fsp3) is 0.833. The van der Waals surface area contributed by atoms with Crippen molar-refractivity contribution in [2.24, 2.45) is 5.92 Å². The molecule has 52 valence electrons. The fourth-order valence-electron chi connectivity index (χ4n) is 1.07. The van der Waals surface area contributed by atoms with E-state index in [1.54, 1.807) is 4.90 Å². The Morgan fingerprint density at radius 3 is 2.56 bits per heavy atom. The SMILES string of the molecule is CC1CN(C=O)CC1O. The van der Waals surface area contributed by atoms with E-state index in [1.165, 1.54) is 0 Å². The van der Waals surface area contributed by atoms with Gasteiger partial charge in [0.05, 0.1) is 6.10 Å². The minimum absolute atomic E-state index is 0.246. The summed E-state index contributed by atoms with van der Waals surface area (Å²) in [6.07, 6.45) is 0.474. The van der Waals surface area contributed by atoms with Crippen molar-refractivity contribution in [3.63, 3.8) is 0 Å². The molecule has 1 heterocycles. The van der Waals surface area contributed by atoms with Gasteiger partial charge in [0, 0.05) is 19.0 Å². The van der Waals surface area contributed by atoms with Crippen molar-refractivity contribution in [1.29, 1.82) is 0 Å². The summed E-state index contributed by atoms with van der Waals surface area (Å²) in [5.41, 5.74) is 0. The van der Waals surface area contributed by atoms with Gasteiger partial charge in [-0.15, -0.1) is 0 Å². The molecule has 9 heavy (non-hydrogen) atoms. The number of rotatable bonds is 1. The van der Waals surface area contributed by atoms with Gasteiger partial charge in [-0.3, -0.25) is 4.79 Å². The number of β-amino-alcohol motifs (C(OH)–C–C–N with tert-alkyl or cyclic N) is 1. The third-order valence-electron chi connectivity index (χ3n) is 1.75. The van der Waals surface area contributed by atoms with Gasteiger partial charge >= 0.3 is 0 Å². The van der Waals surface area contributed by atoms with Gasteiger partial charge in [-0.25, -0.2) is 0 Å². The molecule has 0 aromatic heterocycles. The Hall–Kier alpha value is -0.570. The van der Waals surface area contributed by atoms with E-state index in [-0.39, 0.29) is 12.0 Å². The van der Waals surface area contributed by atoms with Gasteiger partial charge in [-0.2, -0.15) is 0 Å². The molecule has 0 saturated carbocycles. The summed E-state index contributed by atoms with van der Waals surface area (Å²) in [4.78, 5) is 11.7. The first-order valence-corrected chi connectivity index (χ1v) is 3.11. The molecule has 3 heteroatoms. The lowest BCUT2D eigenvalue weighted by Gasteiger charge is -2.04. The van der Waals surface area contributed by atoms with Crippen LogP contribution in [0.5, 0.6) is 0 Å². The minimum atomic E-state index is -0.310. The highest BCUT2D eigenvalue weighted by molar-refractivity contribution is 5.47. The quantitative estimate of drug-likeness (QED) is 0.483. The van der Waals surface area contributed by atoms with Gasteiger partial charge in [0.1, 0.15) is 0 Å². The Bertz CT molecular complexity index is 106. The molecule has 0 radical (unpaired) electrons. The van der Waals surface area contributed by atoms with Crippen LogP contribution >= 0.6 is 0 Å². The van der Waals surface area contributed by atoms with E-state index < -0.39 is 0 Å².